The van der Waals surface area contributed by atoms with E-state index in [4.69, 9.17) is 4.74 Å². The van der Waals surface area contributed by atoms with E-state index in [0.29, 0.717) is 18.7 Å². The van der Waals surface area contributed by atoms with E-state index in [1.165, 1.54) is 35.7 Å². The van der Waals surface area contributed by atoms with Gasteiger partial charge in [-0.25, -0.2) is 17.6 Å². The lowest BCUT2D eigenvalue weighted by Gasteiger charge is -2.35. The van der Waals surface area contributed by atoms with Gasteiger partial charge in [0.2, 0.25) is 10.0 Å². The number of nitrogens with one attached hydrogen (secondary N) is 1. The van der Waals surface area contributed by atoms with Crippen molar-refractivity contribution in [3.63, 3.8) is 0 Å². The number of esters is 1. The average Bonchev–Trinajstić information content (AvgIpc) is 2.67. The third kappa shape index (κ3) is 3.48. The van der Waals surface area contributed by atoms with Crippen molar-refractivity contribution in [2.75, 3.05) is 26.7 Å². The highest BCUT2D eigenvalue weighted by molar-refractivity contribution is 7.89. The fraction of sp³-hybridized carbons (Fsp3) is 0.278. The van der Waals surface area contributed by atoms with Crippen molar-refractivity contribution >= 4 is 16.0 Å². The van der Waals surface area contributed by atoms with Crippen LogP contribution < -0.4 is 5.32 Å². The Kier molecular flexibility index (Phi) is 5.36. The lowest BCUT2D eigenvalue weighted by atomic mass is 10.1. The quantitative estimate of drug-likeness (QED) is 0.823. The molecule has 1 aliphatic heterocycles. The molecule has 6 nitrogen and oxygen atoms in total. The van der Waals surface area contributed by atoms with Crippen LogP contribution in [0.4, 0.5) is 4.39 Å². The zero-order valence-electron chi connectivity index (χ0n) is 14.2. The van der Waals surface area contributed by atoms with Crippen LogP contribution in [0, 0.1) is 5.82 Å². The van der Waals surface area contributed by atoms with Gasteiger partial charge >= 0.3 is 5.97 Å². The molecule has 0 amide bonds. The maximum atomic E-state index is 13.6. The molecule has 0 spiro atoms. The average molecular weight is 378 g/mol. The van der Waals surface area contributed by atoms with E-state index in [-0.39, 0.29) is 17.0 Å². The Morgan fingerprint density at radius 1 is 1.23 bits per heavy atom. The van der Waals surface area contributed by atoms with Gasteiger partial charge in [-0.2, -0.15) is 4.31 Å². The summed E-state index contributed by atoms with van der Waals surface area (Å²) < 4.78 is 46.2. The number of carbonyl (C=O) groups excluding carboxylic acids is 1. The smallest absolute Gasteiger partial charge is 0.339 e. The second-order valence-corrected chi connectivity index (χ2v) is 7.74. The second-order valence-electron chi connectivity index (χ2n) is 5.88. The van der Waals surface area contributed by atoms with Crippen LogP contribution in [0.5, 0.6) is 0 Å². The van der Waals surface area contributed by atoms with Crippen LogP contribution in [0.15, 0.2) is 53.4 Å². The first-order chi connectivity index (χ1) is 12.4. The van der Waals surface area contributed by atoms with Gasteiger partial charge in [-0.1, -0.05) is 24.3 Å². The summed E-state index contributed by atoms with van der Waals surface area (Å²) in [6, 6.07) is 11.2. The summed E-state index contributed by atoms with van der Waals surface area (Å²) in [5, 5.41) is 3.13. The molecule has 0 aromatic heterocycles. The van der Waals surface area contributed by atoms with E-state index in [1.54, 1.807) is 24.3 Å². The summed E-state index contributed by atoms with van der Waals surface area (Å²) in [5.41, 5.74) is 0.530. The zero-order chi connectivity index (χ0) is 18.7. The predicted molar refractivity (Wildman–Crippen MR) is 93.7 cm³/mol. The van der Waals surface area contributed by atoms with Crippen LogP contribution in [0.25, 0.3) is 0 Å². The molecule has 8 heteroatoms. The largest absolute Gasteiger partial charge is 0.465 e. The molecule has 1 saturated heterocycles. The molecular formula is C18H19FN2O4S. The highest BCUT2D eigenvalue weighted by Gasteiger charge is 2.36. The number of ether oxygens (including phenoxy) is 1. The van der Waals surface area contributed by atoms with E-state index in [9.17, 15) is 17.6 Å². The Labute approximate surface area is 151 Å². The summed E-state index contributed by atoms with van der Waals surface area (Å²) >= 11 is 0. The normalized spacial score (nSPS) is 18.5. The first kappa shape index (κ1) is 18.5. The van der Waals surface area contributed by atoms with Crippen molar-refractivity contribution in [2.45, 2.75) is 10.9 Å². The van der Waals surface area contributed by atoms with E-state index < -0.39 is 27.9 Å². The van der Waals surface area contributed by atoms with E-state index in [0.717, 1.165) is 0 Å². The molecule has 0 radical (unpaired) electrons. The van der Waals surface area contributed by atoms with E-state index in [1.807, 2.05) is 0 Å². The van der Waals surface area contributed by atoms with Crippen molar-refractivity contribution in [1.29, 1.82) is 0 Å². The maximum Gasteiger partial charge on any atom is 0.339 e. The summed E-state index contributed by atoms with van der Waals surface area (Å²) in [6.45, 7) is 1.02. The van der Waals surface area contributed by atoms with Gasteiger partial charge in [0.1, 0.15) is 5.82 Å². The van der Waals surface area contributed by atoms with Crippen LogP contribution in [0.2, 0.25) is 0 Å². The number of sulfonamides is 1. The first-order valence-electron chi connectivity index (χ1n) is 8.10. The molecule has 3 rings (SSSR count). The number of piperazine rings is 1. The fourth-order valence-corrected chi connectivity index (χ4v) is 4.86. The SMILES string of the molecule is COC(=O)c1ccccc1S(=O)(=O)N1CCNCC1c1cccc(F)c1. The van der Waals surface area contributed by atoms with Gasteiger partial charge in [0.15, 0.2) is 0 Å². The molecule has 1 atom stereocenters. The number of rotatable bonds is 4. The standard InChI is InChI=1S/C18H19FN2O4S/c1-25-18(22)15-7-2-3-8-17(15)26(23,24)21-10-9-20-12-16(21)13-5-4-6-14(19)11-13/h2-8,11,16,20H,9-10,12H2,1H3. The minimum Gasteiger partial charge on any atom is -0.465 e. The van der Waals surface area contributed by atoms with Crippen LogP contribution in [0.1, 0.15) is 22.0 Å². The lowest BCUT2D eigenvalue weighted by Crippen LogP contribution is -2.48. The molecule has 1 N–H and O–H groups in total. The molecule has 2 aromatic carbocycles. The molecule has 2 aromatic rings. The molecule has 0 aliphatic carbocycles. The summed E-state index contributed by atoms with van der Waals surface area (Å²) in [6.07, 6.45) is 0. The number of carbonyl (C=O) groups is 1. The van der Waals surface area contributed by atoms with Gasteiger partial charge in [-0.15, -0.1) is 0 Å². The monoisotopic (exact) mass is 378 g/mol. The number of hydrogen-bond acceptors (Lipinski definition) is 5. The van der Waals surface area contributed by atoms with Crippen molar-refractivity contribution in [1.82, 2.24) is 9.62 Å². The number of benzene rings is 2. The highest BCUT2D eigenvalue weighted by Crippen LogP contribution is 2.30. The minimum atomic E-state index is -3.99. The molecule has 1 unspecified atom stereocenters. The topological polar surface area (TPSA) is 75.7 Å². The maximum absolute atomic E-state index is 13.6. The Hall–Kier alpha value is -2.29. The molecule has 1 heterocycles. The number of hydrogen-bond donors (Lipinski definition) is 1. The highest BCUT2D eigenvalue weighted by atomic mass is 32.2. The van der Waals surface area contributed by atoms with E-state index in [2.05, 4.69) is 5.32 Å². The van der Waals surface area contributed by atoms with E-state index >= 15 is 0 Å². The zero-order valence-corrected chi connectivity index (χ0v) is 15.0. The number of halogens is 1. The van der Waals surface area contributed by atoms with Gasteiger partial charge in [0.25, 0.3) is 0 Å². The molecular weight excluding hydrogens is 359 g/mol. The van der Waals surface area contributed by atoms with Gasteiger partial charge in [0, 0.05) is 19.6 Å². The van der Waals surface area contributed by atoms with Gasteiger partial charge in [-0.05, 0) is 29.8 Å². The van der Waals surface area contributed by atoms with Crippen molar-refractivity contribution in [2.24, 2.45) is 0 Å². The molecule has 1 fully saturated rings. The van der Waals surface area contributed by atoms with Crippen LogP contribution in [-0.4, -0.2) is 45.4 Å². The Balaban J connectivity index is 2.06. The minimum absolute atomic E-state index is 0.0217. The lowest BCUT2D eigenvalue weighted by molar-refractivity contribution is 0.0596. The molecule has 138 valence electrons. The predicted octanol–water partition coefficient (Wildman–Crippen LogP) is 1.95. The summed E-state index contributed by atoms with van der Waals surface area (Å²) in [7, 11) is -2.79. The van der Waals surface area contributed by atoms with Gasteiger partial charge in [-0.3, -0.25) is 0 Å². The molecule has 0 saturated carbocycles. The Morgan fingerprint density at radius 2 is 2.00 bits per heavy atom. The third-order valence-corrected chi connectivity index (χ3v) is 6.27. The number of nitrogens with zero attached hydrogens (tertiary/aromatic N) is 1. The Morgan fingerprint density at radius 3 is 2.73 bits per heavy atom. The molecule has 1 aliphatic rings. The van der Waals surface area contributed by atoms with Crippen molar-refractivity contribution < 1.29 is 22.3 Å². The van der Waals surface area contributed by atoms with Gasteiger partial charge < -0.3 is 10.1 Å². The number of methoxy groups -OCH3 is 1. The fourth-order valence-electron chi connectivity index (χ4n) is 3.07. The van der Waals surface area contributed by atoms with Crippen molar-refractivity contribution in [3.8, 4) is 0 Å². The summed E-state index contributed by atoms with van der Waals surface area (Å²) in [5.74, 6) is -1.15. The van der Waals surface area contributed by atoms with Crippen LogP contribution in [-0.2, 0) is 14.8 Å². The first-order valence-corrected chi connectivity index (χ1v) is 9.54. The Bertz CT molecular complexity index is 917. The second kappa shape index (κ2) is 7.53. The summed E-state index contributed by atoms with van der Waals surface area (Å²) in [4.78, 5) is 11.9. The van der Waals surface area contributed by atoms with Crippen LogP contribution in [0.3, 0.4) is 0 Å². The molecule has 0 bridgehead atoms. The van der Waals surface area contributed by atoms with Gasteiger partial charge in [0.05, 0.1) is 23.6 Å². The molecule has 26 heavy (non-hydrogen) atoms. The third-order valence-electron chi connectivity index (χ3n) is 4.31. The van der Waals surface area contributed by atoms with Crippen molar-refractivity contribution in [3.05, 3.63) is 65.5 Å². The van der Waals surface area contributed by atoms with Crippen LogP contribution >= 0.6 is 0 Å².